The molecule has 2 N–H and O–H groups in total. The van der Waals surface area contributed by atoms with Crippen molar-refractivity contribution < 1.29 is 9.50 Å². The molecule has 2 aromatic rings. The van der Waals surface area contributed by atoms with Gasteiger partial charge in [0.2, 0.25) is 0 Å². The van der Waals surface area contributed by atoms with E-state index in [-0.39, 0.29) is 17.6 Å². The lowest BCUT2D eigenvalue weighted by molar-refractivity contribution is 0.462. The summed E-state index contributed by atoms with van der Waals surface area (Å²) in [4.78, 5) is 1.19. The molecular formula is C15H16FNOS. The molecule has 0 aromatic heterocycles. The van der Waals surface area contributed by atoms with Crippen molar-refractivity contribution in [3.05, 3.63) is 53.8 Å². The van der Waals surface area contributed by atoms with Crippen LogP contribution >= 0.6 is 11.8 Å². The number of halogens is 1. The van der Waals surface area contributed by atoms with Gasteiger partial charge in [0.05, 0.1) is 6.04 Å². The predicted octanol–water partition coefficient (Wildman–Crippen LogP) is 4.43. The molecule has 19 heavy (non-hydrogen) atoms. The Labute approximate surface area is 116 Å². The Balaban J connectivity index is 2.15. The van der Waals surface area contributed by atoms with E-state index in [2.05, 4.69) is 5.32 Å². The van der Waals surface area contributed by atoms with Crippen LogP contribution in [0.3, 0.4) is 0 Å². The van der Waals surface area contributed by atoms with Crippen LogP contribution in [0.25, 0.3) is 0 Å². The molecule has 100 valence electrons. The first kappa shape index (κ1) is 13.7. The first-order chi connectivity index (χ1) is 9.10. The van der Waals surface area contributed by atoms with Gasteiger partial charge in [-0.05, 0) is 55.6 Å². The number of thioether (sulfide) groups is 1. The summed E-state index contributed by atoms with van der Waals surface area (Å²) in [7, 11) is 0. The van der Waals surface area contributed by atoms with Gasteiger partial charge in [0, 0.05) is 16.1 Å². The molecule has 0 fully saturated rings. The van der Waals surface area contributed by atoms with Crippen molar-refractivity contribution >= 4 is 17.4 Å². The quantitative estimate of drug-likeness (QED) is 0.811. The minimum absolute atomic E-state index is 0.0992. The van der Waals surface area contributed by atoms with E-state index in [0.29, 0.717) is 5.56 Å². The smallest absolute Gasteiger partial charge is 0.123 e. The van der Waals surface area contributed by atoms with Gasteiger partial charge in [-0.25, -0.2) is 4.39 Å². The average Bonchev–Trinajstić information content (AvgIpc) is 2.42. The second kappa shape index (κ2) is 5.97. The van der Waals surface area contributed by atoms with Gasteiger partial charge in [0.1, 0.15) is 11.6 Å². The van der Waals surface area contributed by atoms with Gasteiger partial charge in [-0.3, -0.25) is 0 Å². The van der Waals surface area contributed by atoms with E-state index < -0.39 is 0 Å². The van der Waals surface area contributed by atoms with Gasteiger partial charge in [-0.1, -0.05) is 0 Å². The van der Waals surface area contributed by atoms with Crippen molar-refractivity contribution in [3.63, 3.8) is 0 Å². The van der Waals surface area contributed by atoms with Crippen LogP contribution in [0, 0.1) is 5.82 Å². The molecule has 0 aliphatic heterocycles. The van der Waals surface area contributed by atoms with Crippen LogP contribution in [0.5, 0.6) is 5.75 Å². The van der Waals surface area contributed by atoms with Crippen LogP contribution in [0.2, 0.25) is 0 Å². The first-order valence-electron chi connectivity index (χ1n) is 5.99. The third-order valence-electron chi connectivity index (χ3n) is 2.93. The molecular weight excluding hydrogens is 261 g/mol. The van der Waals surface area contributed by atoms with E-state index in [0.717, 1.165) is 5.69 Å². The van der Waals surface area contributed by atoms with Gasteiger partial charge in [0.15, 0.2) is 0 Å². The lowest BCUT2D eigenvalue weighted by atomic mass is 10.1. The summed E-state index contributed by atoms with van der Waals surface area (Å²) in [5, 5.41) is 13.0. The van der Waals surface area contributed by atoms with Crippen molar-refractivity contribution in [1.29, 1.82) is 0 Å². The third-order valence-corrected chi connectivity index (χ3v) is 3.67. The number of phenols is 1. The fourth-order valence-electron chi connectivity index (χ4n) is 1.89. The molecule has 0 radical (unpaired) electrons. The lowest BCUT2D eigenvalue weighted by Crippen LogP contribution is -2.07. The highest BCUT2D eigenvalue weighted by Gasteiger charge is 2.11. The van der Waals surface area contributed by atoms with Crippen LogP contribution in [-0.2, 0) is 0 Å². The second-order valence-electron chi connectivity index (χ2n) is 4.30. The zero-order chi connectivity index (χ0) is 13.8. The van der Waals surface area contributed by atoms with Crippen LogP contribution in [-0.4, -0.2) is 11.4 Å². The molecule has 2 nitrogen and oxygen atoms in total. The Kier molecular flexibility index (Phi) is 4.32. The maximum Gasteiger partial charge on any atom is 0.123 e. The molecule has 0 aliphatic rings. The Morgan fingerprint density at radius 2 is 1.84 bits per heavy atom. The van der Waals surface area contributed by atoms with Crippen molar-refractivity contribution in [3.8, 4) is 5.75 Å². The molecule has 1 unspecified atom stereocenters. The molecule has 0 heterocycles. The summed E-state index contributed by atoms with van der Waals surface area (Å²) in [6.07, 6.45) is 2.02. The number of anilines is 1. The molecule has 1 atom stereocenters. The van der Waals surface area contributed by atoms with Gasteiger partial charge >= 0.3 is 0 Å². The minimum atomic E-state index is -0.348. The van der Waals surface area contributed by atoms with E-state index >= 15 is 0 Å². The van der Waals surface area contributed by atoms with Crippen LogP contribution in [0.4, 0.5) is 10.1 Å². The molecule has 4 heteroatoms. The van der Waals surface area contributed by atoms with Crippen molar-refractivity contribution in [1.82, 2.24) is 0 Å². The zero-order valence-electron chi connectivity index (χ0n) is 10.9. The fourth-order valence-corrected chi connectivity index (χ4v) is 2.30. The van der Waals surface area contributed by atoms with E-state index in [1.54, 1.807) is 11.8 Å². The number of nitrogens with one attached hydrogen (secondary N) is 1. The second-order valence-corrected chi connectivity index (χ2v) is 5.18. The molecule has 0 aliphatic carbocycles. The topological polar surface area (TPSA) is 32.3 Å². The van der Waals surface area contributed by atoms with E-state index in [1.165, 1.54) is 23.1 Å². The van der Waals surface area contributed by atoms with E-state index in [4.69, 9.17) is 0 Å². The van der Waals surface area contributed by atoms with E-state index in [1.807, 2.05) is 37.4 Å². The summed E-state index contributed by atoms with van der Waals surface area (Å²) >= 11 is 1.68. The summed E-state index contributed by atoms with van der Waals surface area (Å²) in [5.74, 6) is -0.249. The minimum Gasteiger partial charge on any atom is -0.508 e. The Hall–Kier alpha value is -1.68. The first-order valence-corrected chi connectivity index (χ1v) is 7.21. The largest absolute Gasteiger partial charge is 0.508 e. The predicted molar refractivity (Wildman–Crippen MR) is 78.3 cm³/mol. The number of phenolic OH excluding ortho intramolecular Hbond substituents is 1. The van der Waals surface area contributed by atoms with Crippen LogP contribution < -0.4 is 5.32 Å². The van der Waals surface area contributed by atoms with Crippen molar-refractivity contribution in [2.75, 3.05) is 11.6 Å². The Morgan fingerprint density at radius 3 is 2.47 bits per heavy atom. The highest BCUT2D eigenvalue weighted by Crippen LogP contribution is 2.28. The fraction of sp³-hybridized carbons (Fsp3) is 0.200. The number of aromatic hydroxyl groups is 1. The third kappa shape index (κ3) is 3.41. The molecule has 0 spiro atoms. The van der Waals surface area contributed by atoms with E-state index in [9.17, 15) is 9.50 Å². The van der Waals surface area contributed by atoms with Gasteiger partial charge in [-0.15, -0.1) is 11.8 Å². The summed E-state index contributed by atoms with van der Waals surface area (Å²) < 4.78 is 13.2. The Morgan fingerprint density at radius 1 is 1.16 bits per heavy atom. The monoisotopic (exact) mass is 277 g/mol. The number of rotatable bonds is 4. The maximum atomic E-state index is 13.2. The number of hydrogen-bond donors (Lipinski definition) is 2. The molecule has 0 saturated heterocycles. The van der Waals surface area contributed by atoms with Gasteiger partial charge < -0.3 is 10.4 Å². The van der Waals surface area contributed by atoms with Crippen molar-refractivity contribution in [2.45, 2.75) is 17.9 Å². The Bertz CT molecular complexity index is 557. The molecule has 2 rings (SSSR count). The number of hydrogen-bond acceptors (Lipinski definition) is 3. The molecule has 2 aromatic carbocycles. The lowest BCUT2D eigenvalue weighted by Gasteiger charge is -2.17. The standard InChI is InChI=1S/C15H16FNOS/c1-10(14-9-11(16)3-8-15(14)18)17-12-4-6-13(19-2)7-5-12/h3-10,17-18H,1-2H3. The number of benzene rings is 2. The van der Waals surface area contributed by atoms with Gasteiger partial charge in [-0.2, -0.15) is 0 Å². The maximum absolute atomic E-state index is 13.2. The van der Waals surface area contributed by atoms with Crippen LogP contribution in [0.15, 0.2) is 47.4 Å². The summed E-state index contributed by atoms with van der Waals surface area (Å²) in [5.41, 5.74) is 1.49. The SMILES string of the molecule is CSc1ccc(NC(C)c2cc(F)ccc2O)cc1. The molecule has 0 bridgehead atoms. The average molecular weight is 277 g/mol. The summed E-state index contributed by atoms with van der Waals surface area (Å²) in [6.45, 7) is 1.89. The molecule has 0 saturated carbocycles. The molecule has 0 amide bonds. The van der Waals surface area contributed by atoms with Crippen LogP contribution in [0.1, 0.15) is 18.5 Å². The highest BCUT2D eigenvalue weighted by atomic mass is 32.2. The van der Waals surface area contributed by atoms with Gasteiger partial charge in [0.25, 0.3) is 0 Å². The normalized spacial score (nSPS) is 12.2. The summed E-state index contributed by atoms with van der Waals surface area (Å²) in [6, 6.07) is 11.8. The highest BCUT2D eigenvalue weighted by molar-refractivity contribution is 7.98. The van der Waals surface area contributed by atoms with Crippen molar-refractivity contribution in [2.24, 2.45) is 0 Å². The zero-order valence-corrected chi connectivity index (χ0v) is 11.7.